The smallest absolute Gasteiger partial charge is 0.319 e. The molecule has 0 aromatic heterocycles. The second-order valence-electron chi connectivity index (χ2n) is 5.65. The molecule has 9 heteroatoms. The molecular formula is C15H18Cl2O5S2. The molecule has 0 aliphatic carbocycles. The van der Waals surface area contributed by atoms with Gasteiger partial charge >= 0.3 is 11.9 Å². The molecule has 0 bridgehead atoms. The van der Waals surface area contributed by atoms with Crippen LogP contribution in [0.1, 0.15) is 20.8 Å². The average Bonchev–Trinajstić information content (AvgIpc) is 2.44. The van der Waals surface area contributed by atoms with Crippen molar-refractivity contribution in [3.63, 3.8) is 0 Å². The summed E-state index contributed by atoms with van der Waals surface area (Å²) in [6.45, 7) is 5.18. The zero-order valence-electron chi connectivity index (χ0n) is 13.7. The van der Waals surface area contributed by atoms with Crippen LogP contribution in [-0.4, -0.2) is 40.4 Å². The van der Waals surface area contributed by atoms with Gasteiger partial charge in [-0.2, -0.15) is 0 Å². The van der Waals surface area contributed by atoms with Crippen molar-refractivity contribution in [2.75, 3.05) is 18.6 Å². The van der Waals surface area contributed by atoms with Gasteiger partial charge in [0.1, 0.15) is 11.4 Å². The molecule has 1 rings (SSSR count). The van der Waals surface area contributed by atoms with E-state index in [1.807, 2.05) is 0 Å². The summed E-state index contributed by atoms with van der Waals surface area (Å²) in [4.78, 5) is 23.7. The van der Waals surface area contributed by atoms with Crippen LogP contribution >= 0.6 is 35.0 Å². The lowest BCUT2D eigenvalue weighted by Crippen LogP contribution is -2.27. The van der Waals surface area contributed by atoms with E-state index in [2.05, 4.69) is 4.74 Å². The fourth-order valence-electron chi connectivity index (χ4n) is 1.55. The SMILES string of the molecule is COC(=O)CSc1cc(Cl)c(S(=O)CC(=O)OC(C)(C)C)cc1Cl. The normalized spacial score (nSPS) is 12.6. The summed E-state index contributed by atoms with van der Waals surface area (Å²) in [5.41, 5.74) is -0.656. The summed E-state index contributed by atoms with van der Waals surface area (Å²) in [5.74, 6) is -1.23. The van der Waals surface area contributed by atoms with Crippen molar-refractivity contribution < 1.29 is 23.3 Å². The molecule has 0 amide bonds. The van der Waals surface area contributed by atoms with Crippen molar-refractivity contribution in [1.82, 2.24) is 0 Å². The first kappa shape index (κ1) is 21.3. The van der Waals surface area contributed by atoms with Gasteiger partial charge in [0.05, 0.1) is 38.6 Å². The topological polar surface area (TPSA) is 69.7 Å². The Kier molecular flexibility index (Phi) is 8.05. The molecule has 0 spiro atoms. The summed E-state index contributed by atoms with van der Waals surface area (Å²) in [6.07, 6.45) is 0. The second-order valence-corrected chi connectivity index (χ2v) is 8.91. The number of hydrogen-bond acceptors (Lipinski definition) is 6. The summed E-state index contributed by atoms with van der Waals surface area (Å²) < 4.78 is 22.0. The molecule has 0 heterocycles. The number of carbonyl (C=O) groups is 2. The molecule has 5 nitrogen and oxygen atoms in total. The summed E-state index contributed by atoms with van der Waals surface area (Å²) in [6, 6.07) is 2.95. The highest BCUT2D eigenvalue weighted by molar-refractivity contribution is 8.00. The van der Waals surface area contributed by atoms with Gasteiger partial charge in [-0.15, -0.1) is 11.8 Å². The first-order valence-electron chi connectivity index (χ1n) is 6.82. The van der Waals surface area contributed by atoms with Crippen LogP contribution in [0.25, 0.3) is 0 Å². The summed E-state index contributed by atoms with van der Waals surface area (Å²) >= 11 is 13.4. The number of benzene rings is 1. The van der Waals surface area contributed by atoms with Crippen LogP contribution < -0.4 is 0 Å². The maximum Gasteiger partial charge on any atom is 0.319 e. The lowest BCUT2D eigenvalue weighted by molar-refractivity contribution is -0.151. The van der Waals surface area contributed by atoms with Gasteiger partial charge < -0.3 is 9.47 Å². The van der Waals surface area contributed by atoms with Crippen LogP contribution in [0.5, 0.6) is 0 Å². The van der Waals surface area contributed by atoms with E-state index in [0.29, 0.717) is 9.92 Å². The maximum atomic E-state index is 12.3. The highest BCUT2D eigenvalue weighted by atomic mass is 35.5. The Morgan fingerprint density at radius 3 is 2.33 bits per heavy atom. The van der Waals surface area contributed by atoms with Crippen LogP contribution in [0.3, 0.4) is 0 Å². The molecule has 1 atom stereocenters. The monoisotopic (exact) mass is 412 g/mol. The number of esters is 2. The largest absolute Gasteiger partial charge is 0.468 e. The number of ether oxygens (including phenoxy) is 2. The van der Waals surface area contributed by atoms with Crippen LogP contribution in [-0.2, 0) is 29.9 Å². The Morgan fingerprint density at radius 2 is 1.79 bits per heavy atom. The van der Waals surface area contributed by atoms with Gasteiger partial charge in [0.25, 0.3) is 0 Å². The molecular weight excluding hydrogens is 395 g/mol. The Balaban J connectivity index is 2.86. The van der Waals surface area contributed by atoms with Gasteiger partial charge in [0, 0.05) is 4.90 Å². The molecule has 0 saturated carbocycles. The lowest BCUT2D eigenvalue weighted by atomic mass is 10.2. The van der Waals surface area contributed by atoms with E-state index >= 15 is 0 Å². The van der Waals surface area contributed by atoms with Gasteiger partial charge in [-0.05, 0) is 32.9 Å². The van der Waals surface area contributed by atoms with Gasteiger partial charge in [0.15, 0.2) is 0 Å². The summed E-state index contributed by atoms with van der Waals surface area (Å²) in [7, 11) is -0.392. The molecule has 1 aromatic carbocycles. The minimum Gasteiger partial charge on any atom is -0.468 e. The predicted molar refractivity (Wildman–Crippen MR) is 96.3 cm³/mol. The van der Waals surface area contributed by atoms with Crippen molar-refractivity contribution in [1.29, 1.82) is 0 Å². The van der Waals surface area contributed by atoms with Crippen LogP contribution in [0, 0.1) is 0 Å². The fourth-order valence-corrected chi connectivity index (χ4v) is 4.17. The molecule has 24 heavy (non-hydrogen) atoms. The van der Waals surface area contributed by atoms with E-state index in [4.69, 9.17) is 27.9 Å². The fraction of sp³-hybridized carbons (Fsp3) is 0.467. The minimum absolute atomic E-state index is 0.0763. The molecule has 0 aliphatic heterocycles. The number of carbonyl (C=O) groups excluding carboxylic acids is 2. The Bertz CT molecular complexity index is 656. The number of methoxy groups -OCH3 is 1. The average molecular weight is 413 g/mol. The molecule has 0 fully saturated rings. The zero-order chi connectivity index (χ0) is 18.5. The third-order valence-corrected chi connectivity index (χ3v) is 5.68. The Hall–Kier alpha value is -0.760. The molecule has 1 aromatic rings. The minimum atomic E-state index is -1.68. The third kappa shape index (κ3) is 7.01. The van der Waals surface area contributed by atoms with E-state index in [0.717, 1.165) is 11.8 Å². The quantitative estimate of drug-likeness (QED) is 0.523. The van der Waals surface area contributed by atoms with Crippen LogP contribution in [0.4, 0.5) is 0 Å². The van der Waals surface area contributed by atoms with Crippen molar-refractivity contribution in [3.05, 3.63) is 22.2 Å². The zero-order valence-corrected chi connectivity index (χ0v) is 16.8. The maximum absolute atomic E-state index is 12.3. The predicted octanol–water partition coefficient (Wildman–Crippen LogP) is 3.71. The first-order valence-corrected chi connectivity index (χ1v) is 9.88. The van der Waals surface area contributed by atoms with E-state index in [-0.39, 0.29) is 21.4 Å². The first-order chi connectivity index (χ1) is 11.0. The van der Waals surface area contributed by atoms with E-state index in [1.54, 1.807) is 20.8 Å². The number of halogens is 2. The number of hydrogen-bond donors (Lipinski definition) is 0. The Morgan fingerprint density at radius 1 is 1.17 bits per heavy atom. The highest BCUT2D eigenvalue weighted by Gasteiger charge is 2.21. The highest BCUT2D eigenvalue weighted by Crippen LogP contribution is 2.34. The van der Waals surface area contributed by atoms with Gasteiger partial charge in [-0.25, -0.2) is 0 Å². The van der Waals surface area contributed by atoms with Crippen LogP contribution in [0.2, 0.25) is 10.0 Å². The lowest BCUT2D eigenvalue weighted by Gasteiger charge is -2.19. The van der Waals surface area contributed by atoms with Crippen LogP contribution in [0.15, 0.2) is 21.9 Å². The van der Waals surface area contributed by atoms with E-state index in [1.165, 1.54) is 19.2 Å². The van der Waals surface area contributed by atoms with Gasteiger partial charge in [-0.1, -0.05) is 23.2 Å². The van der Waals surface area contributed by atoms with E-state index in [9.17, 15) is 13.8 Å². The molecule has 0 N–H and O–H groups in total. The van der Waals surface area contributed by atoms with Crippen molar-refractivity contribution in [3.8, 4) is 0 Å². The van der Waals surface area contributed by atoms with Gasteiger partial charge in [0.2, 0.25) is 0 Å². The van der Waals surface area contributed by atoms with E-state index < -0.39 is 28.3 Å². The van der Waals surface area contributed by atoms with Gasteiger partial charge in [-0.3, -0.25) is 13.8 Å². The Labute approximate surface area is 157 Å². The number of thioether (sulfide) groups is 1. The summed E-state index contributed by atoms with van der Waals surface area (Å²) in [5, 5.41) is 0.495. The molecule has 0 radical (unpaired) electrons. The second kappa shape index (κ2) is 9.08. The number of rotatable bonds is 6. The molecule has 0 aliphatic rings. The molecule has 134 valence electrons. The standard InChI is InChI=1S/C15H18Cl2O5S2/c1-15(2,3)22-14(19)8-24(20)12-6-9(16)11(5-10(12)17)23-7-13(18)21-4/h5-6H,7-8H2,1-4H3. The van der Waals surface area contributed by atoms with Crippen molar-refractivity contribution >= 4 is 57.7 Å². The molecule has 0 saturated heterocycles. The third-order valence-electron chi connectivity index (χ3n) is 2.47. The van der Waals surface area contributed by atoms with Crippen molar-refractivity contribution in [2.45, 2.75) is 36.2 Å². The van der Waals surface area contributed by atoms with Crippen molar-refractivity contribution in [2.24, 2.45) is 0 Å². The molecule has 1 unspecified atom stereocenters.